The number of hydrogen-bond donors (Lipinski definition) is 1. The number of carbonyl (C=O) groups excluding carboxylic acids is 1. The van der Waals surface area contributed by atoms with E-state index in [4.69, 9.17) is 0 Å². The average Bonchev–Trinajstić information content (AvgIpc) is 2.48. The Labute approximate surface area is 113 Å². The van der Waals surface area contributed by atoms with Gasteiger partial charge >= 0.3 is 6.03 Å². The van der Waals surface area contributed by atoms with Gasteiger partial charge in [0.25, 0.3) is 0 Å². The van der Waals surface area contributed by atoms with E-state index in [9.17, 15) is 4.79 Å². The standard InChI is InChI=1S/C16H18N2O/c1-3-13-9-11-14(12-10-13)17-16(19)18(2)15-7-5-4-6-8-15/h4-12H,3H2,1-2H3,(H,17,19). The van der Waals surface area contributed by atoms with E-state index in [1.165, 1.54) is 5.56 Å². The van der Waals surface area contributed by atoms with E-state index in [1.54, 1.807) is 11.9 Å². The van der Waals surface area contributed by atoms with Crippen molar-refractivity contribution in [3.8, 4) is 0 Å². The van der Waals surface area contributed by atoms with Crippen molar-refractivity contribution in [2.45, 2.75) is 13.3 Å². The smallest absolute Gasteiger partial charge is 0.308 e. The summed E-state index contributed by atoms with van der Waals surface area (Å²) in [7, 11) is 1.76. The van der Waals surface area contributed by atoms with Crippen LogP contribution in [0.5, 0.6) is 0 Å². The number of benzene rings is 2. The van der Waals surface area contributed by atoms with Crippen LogP contribution < -0.4 is 10.2 Å². The molecule has 0 unspecified atom stereocenters. The summed E-state index contributed by atoms with van der Waals surface area (Å²) in [5, 5.41) is 2.88. The van der Waals surface area contributed by atoms with E-state index in [0.717, 1.165) is 17.8 Å². The number of hydrogen-bond acceptors (Lipinski definition) is 1. The van der Waals surface area contributed by atoms with Crippen molar-refractivity contribution >= 4 is 17.4 Å². The van der Waals surface area contributed by atoms with Crippen molar-refractivity contribution in [1.29, 1.82) is 0 Å². The van der Waals surface area contributed by atoms with Crippen molar-refractivity contribution in [3.63, 3.8) is 0 Å². The minimum absolute atomic E-state index is 0.143. The first-order valence-electron chi connectivity index (χ1n) is 6.39. The topological polar surface area (TPSA) is 32.3 Å². The zero-order chi connectivity index (χ0) is 13.7. The monoisotopic (exact) mass is 254 g/mol. The molecule has 1 N–H and O–H groups in total. The molecule has 3 heteroatoms. The van der Waals surface area contributed by atoms with Gasteiger partial charge < -0.3 is 5.32 Å². The van der Waals surface area contributed by atoms with E-state index in [0.29, 0.717) is 0 Å². The first-order valence-corrected chi connectivity index (χ1v) is 6.39. The molecule has 2 aromatic carbocycles. The third-order valence-electron chi connectivity index (χ3n) is 3.06. The number of para-hydroxylation sites is 1. The molecular weight excluding hydrogens is 236 g/mol. The number of nitrogens with zero attached hydrogens (tertiary/aromatic N) is 1. The molecule has 0 saturated heterocycles. The molecule has 0 heterocycles. The van der Waals surface area contributed by atoms with Crippen LogP contribution in [0.4, 0.5) is 16.2 Å². The molecule has 0 aliphatic heterocycles. The molecule has 0 aliphatic rings. The average molecular weight is 254 g/mol. The Morgan fingerprint density at radius 2 is 1.68 bits per heavy atom. The molecule has 2 aromatic rings. The van der Waals surface area contributed by atoms with Gasteiger partial charge in [-0.05, 0) is 36.2 Å². The molecule has 2 amide bonds. The molecular formula is C16H18N2O. The third-order valence-corrected chi connectivity index (χ3v) is 3.06. The van der Waals surface area contributed by atoms with Crippen LogP contribution in [-0.2, 0) is 6.42 Å². The van der Waals surface area contributed by atoms with Gasteiger partial charge in [0.1, 0.15) is 0 Å². The summed E-state index contributed by atoms with van der Waals surface area (Å²) >= 11 is 0. The van der Waals surface area contributed by atoms with Gasteiger partial charge in [0.05, 0.1) is 0 Å². The second kappa shape index (κ2) is 6.05. The SMILES string of the molecule is CCc1ccc(NC(=O)N(C)c2ccccc2)cc1. The fraction of sp³-hybridized carbons (Fsp3) is 0.188. The Morgan fingerprint density at radius 3 is 2.26 bits per heavy atom. The molecule has 0 aliphatic carbocycles. The zero-order valence-corrected chi connectivity index (χ0v) is 11.3. The maximum Gasteiger partial charge on any atom is 0.326 e. The van der Waals surface area contributed by atoms with Crippen LogP contribution in [0.3, 0.4) is 0 Å². The summed E-state index contributed by atoms with van der Waals surface area (Å²) in [6.07, 6.45) is 0.998. The number of nitrogens with one attached hydrogen (secondary N) is 1. The zero-order valence-electron chi connectivity index (χ0n) is 11.3. The van der Waals surface area contributed by atoms with Crippen LogP contribution in [0.15, 0.2) is 54.6 Å². The van der Waals surface area contributed by atoms with Crippen molar-refractivity contribution in [2.24, 2.45) is 0 Å². The van der Waals surface area contributed by atoms with Gasteiger partial charge in [0.2, 0.25) is 0 Å². The maximum absolute atomic E-state index is 12.1. The lowest BCUT2D eigenvalue weighted by Crippen LogP contribution is -2.31. The Kier molecular flexibility index (Phi) is 4.18. The Hall–Kier alpha value is -2.29. The second-order valence-corrected chi connectivity index (χ2v) is 4.38. The number of anilines is 2. The lowest BCUT2D eigenvalue weighted by molar-refractivity contribution is 0.258. The van der Waals surface area contributed by atoms with Gasteiger partial charge in [-0.3, -0.25) is 4.90 Å². The van der Waals surface area contributed by atoms with E-state index in [2.05, 4.69) is 12.2 Å². The highest BCUT2D eigenvalue weighted by Gasteiger charge is 2.10. The first kappa shape index (κ1) is 13.1. The van der Waals surface area contributed by atoms with Crippen molar-refractivity contribution in [2.75, 3.05) is 17.3 Å². The van der Waals surface area contributed by atoms with Gasteiger partial charge in [0.15, 0.2) is 0 Å². The van der Waals surface area contributed by atoms with Crippen LogP contribution in [0, 0.1) is 0 Å². The first-order chi connectivity index (χ1) is 9.20. The highest BCUT2D eigenvalue weighted by atomic mass is 16.2. The minimum atomic E-state index is -0.143. The van der Waals surface area contributed by atoms with Gasteiger partial charge in [0, 0.05) is 18.4 Å². The summed E-state index contributed by atoms with van der Waals surface area (Å²) in [6, 6.07) is 17.3. The Bertz CT molecular complexity index is 534. The minimum Gasteiger partial charge on any atom is -0.308 e. The molecule has 0 radical (unpaired) electrons. The van der Waals surface area contributed by atoms with Crippen LogP contribution in [0.25, 0.3) is 0 Å². The molecule has 0 spiro atoms. The van der Waals surface area contributed by atoms with Crippen molar-refractivity contribution in [3.05, 3.63) is 60.2 Å². The lowest BCUT2D eigenvalue weighted by atomic mass is 10.1. The largest absolute Gasteiger partial charge is 0.326 e. The number of rotatable bonds is 3. The molecule has 19 heavy (non-hydrogen) atoms. The molecule has 0 atom stereocenters. The molecule has 3 nitrogen and oxygen atoms in total. The van der Waals surface area contributed by atoms with Gasteiger partial charge in [-0.1, -0.05) is 37.3 Å². The van der Waals surface area contributed by atoms with Crippen molar-refractivity contribution in [1.82, 2.24) is 0 Å². The van der Waals surface area contributed by atoms with E-state index in [1.807, 2.05) is 54.6 Å². The maximum atomic E-state index is 12.1. The highest BCUT2D eigenvalue weighted by Crippen LogP contribution is 2.14. The van der Waals surface area contributed by atoms with Crippen LogP contribution in [0.1, 0.15) is 12.5 Å². The third kappa shape index (κ3) is 3.35. The molecule has 98 valence electrons. The van der Waals surface area contributed by atoms with Gasteiger partial charge in [-0.2, -0.15) is 0 Å². The summed E-state index contributed by atoms with van der Waals surface area (Å²) in [5.41, 5.74) is 2.93. The summed E-state index contributed by atoms with van der Waals surface area (Å²) in [5.74, 6) is 0. The van der Waals surface area contributed by atoms with E-state index in [-0.39, 0.29) is 6.03 Å². The highest BCUT2D eigenvalue weighted by molar-refractivity contribution is 6.01. The Morgan fingerprint density at radius 1 is 1.05 bits per heavy atom. The number of carbonyl (C=O) groups is 1. The summed E-state index contributed by atoms with van der Waals surface area (Å²) in [4.78, 5) is 13.7. The lowest BCUT2D eigenvalue weighted by Gasteiger charge is -2.18. The number of aryl methyl sites for hydroxylation is 1. The Balaban J connectivity index is 2.04. The van der Waals surface area contributed by atoms with Gasteiger partial charge in [-0.15, -0.1) is 0 Å². The van der Waals surface area contributed by atoms with E-state index >= 15 is 0 Å². The van der Waals surface area contributed by atoms with Gasteiger partial charge in [-0.25, -0.2) is 4.79 Å². The summed E-state index contributed by atoms with van der Waals surface area (Å²) in [6.45, 7) is 2.11. The predicted octanol–water partition coefficient (Wildman–Crippen LogP) is 3.92. The molecule has 0 saturated carbocycles. The van der Waals surface area contributed by atoms with Crippen LogP contribution in [0.2, 0.25) is 0 Å². The molecule has 0 aromatic heterocycles. The van der Waals surface area contributed by atoms with Crippen molar-refractivity contribution < 1.29 is 4.79 Å². The normalized spacial score (nSPS) is 10.0. The number of urea groups is 1. The quantitative estimate of drug-likeness (QED) is 0.884. The van der Waals surface area contributed by atoms with Crippen LogP contribution >= 0.6 is 0 Å². The second-order valence-electron chi connectivity index (χ2n) is 4.38. The molecule has 2 rings (SSSR count). The molecule has 0 fully saturated rings. The predicted molar refractivity (Wildman–Crippen MR) is 79.7 cm³/mol. The number of amides is 2. The van der Waals surface area contributed by atoms with E-state index < -0.39 is 0 Å². The van der Waals surface area contributed by atoms with Crippen LogP contribution in [-0.4, -0.2) is 13.1 Å². The molecule has 0 bridgehead atoms. The fourth-order valence-corrected chi connectivity index (χ4v) is 1.80. The fourth-order valence-electron chi connectivity index (χ4n) is 1.80. The summed E-state index contributed by atoms with van der Waals surface area (Å²) < 4.78 is 0.